The van der Waals surface area contributed by atoms with Crippen LogP contribution in [-0.4, -0.2) is 176 Å². The van der Waals surface area contributed by atoms with Crippen molar-refractivity contribution in [1.29, 1.82) is 0 Å². The van der Waals surface area contributed by atoms with Crippen molar-refractivity contribution in [3.8, 4) is 69.0 Å². The van der Waals surface area contributed by atoms with E-state index in [2.05, 4.69) is 106 Å². The molecule has 6 N–H and O–H groups in total. The first-order valence-electron chi connectivity index (χ1n) is 41.4. The normalized spacial score (nSPS) is 17.6. The van der Waals surface area contributed by atoms with Crippen molar-refractivity contribution in [3.63, 3.8) is 0 Å². The van der Waals surface area contributed by atoms with Crippen LogP contribution in [0, 0.1) is 5.21 Å². The minimum Gasteiger partial charge on any atom is -1.00 e. The van der Waals surface area contributed by atoms with E-state index in [0.717, 1.165) is 185 Å². The van der Waals surface area contributed by atoms with Gasteiger partial charge in [0.05, 0.1) is 130 Å². The van der Waals surface area contributed by atoms with Crippen LogP contribution in [0.15, 0.2) is 114 Å². The third-order valence-corrected chi connectivity index (χ3v) is 26.5. The molecule has 24 nitrogen and oxygen atoms in total. The van der Waals surface area contributed by atoms with Crippen molar-refractivity contribution in [2.75, 3.05) is 105 Å². The molecule has 0 saturated carbocycles. The van der Waals surface area contributed by atoms with Crippen LogP contribution in [0.1, 0.15) is 106 Å². The van der Waals surface area contributed by atoms with Gasteiger partial charge >= 0.3 is 24.8 Å². The molecule has 0 spiro atoms. The summed E-state index contributed by atoms with van der Waals surface area (Å²) in [4.78, 5) is 5.23. The van der Waals surface area contributed by atoms with Gasteiger partial charge in [-0.2, -0.15) is 0 Å². The molecular formula is C96H108BBrN5O19S. The third kappa shape index (κ3) is 16.1. The predicted octanol–water partition coefficient (Wildman–Crippen LogP) is 13.2. The van der Waals surface area contributed by atoms with Gasteiger partial charge in [0.2, 0.25) is 0 Å². The van der Waals surface area contributed by atoms with Crippen LogP contribution in [-0.2, 0) is 78.3 Å². The fraction of sp³-hybridized carbons (Fsp3) is 0.385. The first-order valence-corrected chi connectivity index (χ1v) is 41.8. The molecule has 13 aromatic rings. The Balaban J connectivity index is 0.000000131. The second kappa shape index (κ2) is 38.2. The number of nitrogens with zero attached hydrogens (tertiary/aromatic N) is 5. The Kier molecular flexibility index (Phi) is 27.8. The van der Waals surface area contributed by atoms with Gasteiger partial charge in [-0.3, -0.25) is 20.3 Å². The second-order valence-corrected chi connectivity index (χ2v) is 32.4. The minimum atomic E-state index is -0.131. The number of thiol groups is 1. The summed E-state index contributed by atoms with van der Waals surface area (Å²) in [7, 11) is 24.2. The van der Waals surface area contributed by atoms with E-state index in [9.17, 15) is 25.6 Å². The van der Waals surface area contributed by atoms with Gasteiger partial charge in [0.15, 0.2) is 57.9 Å². The number of rotatable bonds is 16. The molecule has 7 aliphatic rings. The topological polar surface area (TPSA) is 278 Å². The number of fused-ring (bicyclic) bond motifs is 28. The van der Waals surface area contributed by atoms with Crippen LogP contribution in [0.25, 0.3) is 97.0 Å². The summed E-state index contributed by atoms with van der Waals surface area (Å²) in [6.07, 6.45) is 14.4. The molecule has 20 rings (SSSR count). The fourth-order valence-electron chi connectivity index (χ4n) is 20.7. The number of hydrogen-bond donors (Lipinski definition) is 7. The summed E-state index contributed by atoms with van der Waals surface area (Å²) in [5, 5.41) is 85.4. The number of pyridine rings is 1. The van der Waals surface area contributed by atoms with E-state index in [1.54, 1.807) is 85.3 Å². The molecule has 647 valence electrons. The molecule has 0 aliphatic carbocycles. The Hall–Kier alpha value is -9.98. The number of hydrogen-bond acceptors (Lipinski definition) is 23. The number of aryl methyl sites for hydroxylation is 2. The third-order valence-electron chi connectivity index (χ3n) is 26.5. The van der Waals surface area contributed by atoms with Gasteiger partial charge in [-0.1, -0.05) is 0 Å². The van der Waals surface area contributed by atoms with Gasteiger partial charge in [0, 0.05) is 102 Å². The van der Waals surface area contributed by atoms with E-state index >= 15 is 0 Å². The predicted molar refractivity (Wildman–Crippen MR) is 480 cm³/mol. The Morgan fingerprint density at radius 3 is 1.00 bits per heavy atom. The number of hydroxylamine groups is 3. The first kappa shape index (κ1) is 89.3. The summed E-state index contributed by atoms with van der Waals surface area (Å²) in [5.74, 6) is 8.51. The van der Waals surface area contributed by atoms with Crippen LogP contribution in [0.3, 0.4) is 0 Å². The molecule has 0 amide bonds. The van der Waals surface area contributed by atoms with Crippen molar-refractivity contribution in [2.45, 2.75) is 141 Å². The summed E-state index contributed by atoms with van der Waals surface area (Å²) >= 11 is 3.19. The van der Waals surface area contributed by atoms with Gasteiger partial charge in [0.1, 0.15) is 36.1 Å². The van der Waals surface area contributed by atoms with Crippen LogP contribution >= 0.6 is 12.8 Å². The van der Waals surface area contributed by atoms with Gasteiger partial charge in [-0.05, 0) is 257 Å². The zero-order valence-electron chi connectivity index (χ0n) is 71.8. The molecule has 27 heteroatoms. The quantitative estimate of drug-likeness (QED) is 0.00692. The number of aromatic nitrogens is 1. The first-order chi connectivity index (χ1) is 59.5. The number of benzene rings is 12. The molecular weight excluding hydrogens is 1650 g/mol. The summed E-state index contributed by atoms with van der Waals surface area (Å²) in [6, 6.07) is 36.6. The van der Waals surface area contributed by atoms with Crippen LogP contribution in [0.4, 0.5) is 0 Å². The molecule has 3 fully saturated rings. The largest absolute Gasteiger partial charge is 1.00 e. The zero-order chi connectivity index (χ0) is 86.1. The van der Waals surface area contributed by atoms with Gasteiger partial charge < -0.3 is 104 Å². The number of quaternary nitrogens is 1. The van der Waals surface area contributed by atoms with E-state index in [-0.39, 0.29) is 54.1 Å². The van der Waals surface area contributed by atoms with Crippen LogP contribution in [0.5, 0.6) is 69.0 Å². The molecule has 123 heavy (non-hydrogen) atoms. The van der Waals surface area contributed by atoms with Gasteiger partial charge in [-0.25, -0.2) is 4.57 Å². The number of aliphatic hydroxyl groups excluding tert-OH is 4. The van der Waals surface area contributed by atoms with Crippen molar-refractivity contribution < 1.29 is 114 Å². The van der Waals surface area contributed by atoms with E-state index in [1.807, 2.05) is 42.5 Å². The van der Waals surface area contributed by atoms with Gasteiger partial charge in [-0.15, -0.1) is 0 Å². The smallest absolute Gasteiger partial charge is 1.00 e. The monoisotopic (exact) mass is 1760 g/mol. The zero-order valence-corrected chi connectivity index (χ0v) is 74.3. The van der Waals surface area contributed by atoms with Crippen LogP contribution < -0.4 is 78.4 Å². The van der Waals surface area contributed by atoms with Crippen molar-refractivity contribution in [3.05, 3.63) is 176 Å². The summed E-state index contributed by atoms with van der Waals surface area (Å²) < 4.78 is 72.0. The Bertz CT molecular complexity index is 5770. The number of aliphatic hydroxyl groups is 4. The van der Waals surface area contributed by atoms with E-state index in [0.29, 0.717) is 59.7 Å². The summed E-state index contributed by atoms with van der Waals surface area (Å²) in [5.41, 5.74) is 12.4. The molecule has 1 radical (unpaired) electrons. The molecule has 8 heterocycles. The van der Waals surface area contributed by atoms with Crippen molar-refractivity contribution >= 4 is 117 Å². The number of halogens is 1. The molecule has 0 bridgehead atoms. The Morgan fingerprint density at radius 2 is 0.650 bits per heavy atom. The van der Waals surface area contributed by atoms with Crippen molar-refractivity contribution in [2.24, 2.45) is 4.30 Å². The maximum Gasteiger partial charge on any atom is -1.00 e. The molecule has 12 aromatic carbocycles. The SMILES string of the molecule is COc1cc2c(cc1CO)c1cc(OC)c(OC)cc1c1c[n+]3c(cc21)CCC3.COc1cc2c3c(c4cc(OC)c(OC)cc4c2cc1CO)CN1CCCC1C3.COc1cc2c3c(c4cc(OC)c(OC)cc4c2cc1CO)CN1CCCC1C3.COc1cc2c3c(c4cc(OC)c(OC)cc4c2cc1CO)C[N+]1([O-])CCCC1C3.OO.[B]=NS.[Br-]. The second-order valence-electron chi connectivity index (χ2n) is 32.1. The minimum absolute atomic E-state index is 0. The number of ether oxygens (including phenoxy) is 12. The Labute approximate surface area is 732 Å². The molecule has 4 atom stereocenters. The maximum atomic E-state index is 13.6. The van der Waals surface area contributed by atoms with Crippen molar-refractivity contribution in [1.82, 2.24) is 9.80 Å². The fourth-order valence-corrected chi connectivity index (χ4v) is 20.7. The average molecular weight is 1760 g/mol. The summed E-state index contributed by atoms with van der Waals surface area (Å²) in [6.45, 7) is 6.19. The number of methoxy groups -OCH3 is 12. The van der Waals surface area contributed by atoms with E-state index < -0.39 is 0 Å². The maximum absolute atomic E-state index is 13.6. The van der Waals surface area contributed by atoms with E-state index in [4.69, 9.17) is 67.4 Å². The molecule has 4 unspecified atom stereocenters. The molecule has 3 saturated heterocycles. The molecule has 1 aromatic heterocycles. The molecule has 7 aliphatic heterocycles. The van der Waals surface area contributed by atoms with Crippen LogP contribution in [0.2, 0.25) is 0 Å². The standard InChI is InChI=1S/C24H27NO5.2C24H27NO4.C24H24NO4.BHNS.BrH.H2O2/c1-28-22-9-18-16(7-14(22)13-26)19-10-23(29-2)24(30-3)11-20(19)21-12-25(27)6-4-5-15(25)8-17(18)21;3*1-27-22-9-18-16(7-14(22)13-26)19-10-23(28-2)24(29-3)11-20(19)21-12-25-6-4-5-15(25)8-17(18)21;1-2-3;;1-2/h7,9-11,15,26H,4-6,8,12-13H2,1-3H3;2*7,9-11,15,26H,4-6,8,12-13H2,1-3H3;7-12,26H,4-6,13H2,1-3H3;3H;1H;1-2H/q;;;+1;;;/p-1. The average Bonchev–Trinajstić information content (AvgIpc) is 1.72. The Morgan fingerprint density at radius 1 is 0.374 bits per heavy atom. The van der Waals surface area contributed by atoms with Gasteiger partial charge in [0.25, 0.3) is 0 Å². The van der Waals surface area contributed by atoms with E-state index in [1.165, 1.54) is 111 Å².